The van der Waals surface area contributed by atoms with Gasteiger partial charge in [-0.05, 0) is 92.4 Å². The molecule has 5 heteroatoms. The third-order valence-corrected chi connectivity index (χ3v) is 6.99. The highest BCUT2D eigenvalue weighted by molar-refractivity contribution is 5.89. The lowest BCUT2D eigenvalue weighted by molar-refractivity contribution is -0.145. The van der Waals surface area contributed by atoms with Crippen LogP contribution in [0.2, 0.25) is 0 Å². The van der Waals surface area contributed by atoms with Crippen LogP contribution in [0.25, 0.3) is 6.08 Å². The Morgan fingerprint density at radius 2 is 1.86 bits per heavy atom. The Balaban J connectivity index is 1.26. The average Bonchev–Trinajstić information content (AvgIpc) is 2.63. The van der Waals surface area contributed by atoms with Gasteiger partial charge in [0.25, 0.3) is 5.91 Å². The second kappa shape index (κ2) is 7.69. The van der Waals surface area contributed by atoms with E-state index in [0.29, 0.717) is 5.56 Å². The van der Waals surface area contributed by atoms with Crippen molar-refractivity contribution < 1.29 is 18.7 Å². The fourth-order valence-corrected chi connectivity index (χ4v) is 6.10. The van der Waals surface area contributed by atoms with Gasteiger partial charge in [-0.3, -0.25) is 4.79 Å². The molecular formula is C23H28FNO3. The molecule has 4 nitrogen and oxygen atoms in total. The zero-order chi connectivity index (χ0) is 19.7. The van der Waals surface area contributed by atoms with Crippen molar-refractivity contribution in [1.29, 1.82) is 0 Å². The van der Waals surface area contributed by atoms with Gasteiger partial charge in [0, 0.05) is 12.1 Å². The molecule has 28 heavy (non-hydrogen) atoms. The fourth-order valence-electron chi connectivity index (χ4n) is 6.10. The molecular weight excluding hydrogens is 357 g/mol. The number of esters is 1. The van der Waals surface area contributed by atoms with E-state index in [1.165, 1.54) is 62.8 Å². The minimum absolute atomic E-state index is 0.106. The molecule has 0 unspecified atom stereocenters. The van der Waals surface area contributed by atoms with E-state index in [2.05, 4.69) is 12.2 Å². The summed E-state index contributed by atoms with van der Waals surface area (Å²) in [5.74, 6) is 1.26. The summed E-state index contributed by atoms with van der Waals surface area (Å²) >= 11 is 0. The van der Waals surface area contributed by atoms with Crippen molar-refractivity contribution in [3.05, 3.63) is 41.7 Å². The second-order valence-corrected chi connectivity index (χ2v) is 9.07. The van der Waals surface area contributed by atoms with Crippen molar-refractivity contribution in [2.75, 3.05) is 6.61 Å². The maximum Gasteiger partial charge on any atom is 0.331 e. The lowest BCUT2D eigenvalue weighted by Crippen LogP contribution is -2.56. The molecule has 150 valence electrons. The van der Waals surface area contributed by atoms with E-state index in [0.717, 1.165) is 17.8 Å². The quantitative estimate of drug-likeness (QED) is 0.592. The number of benzene rings is 1. The molecule has 1 aromatic carbocycles. The smallest absolute Gasteiger partial charge is 0.331 e. The minimum atomic E-state index is -0.609. The molecule has 1 N–H and O–H groups in total. The third kappa shape index (κ3) is 4.13. The van der Waals surface area contributed by atoms with Crippen LogP contribution in [-0.4, -0.2) is 24.5 Å². The summed E-state index contributed by atoms with van der Waals surface area (Å²) in [5.41, 5.74) is 0.794. The van der Waals surface area contributed by atoms with Gasteiger partial charge in [0.05, 0.1) is 0 Å². The first-order chi connectivity index (χ1) is 13.4. The molecule has 1 amide bonds. The molecule has 0 saturated heterocycles. The van der Waals surface area contributed by atoms with Crippen molar-refractivity contribution in [3.63, 3.8) is 0 Å². The van der Waals surface area contributed by atoms with E-state index in [4.69, 9.17) is 4.74 Å². The molecule has 1 atom stereocenters. The lowest BCUT2D eigenvalue weighted by atomic mass is 9.48. The number of amides is 1. The van der Waals surface area contributed by atoms with Gasteiger partial charge in [0.1, 0.15) is 5.82 Å². The Hall–Kier alpha value is -2.17. The molecule has 4 aliphatic carbocycles. The van der Waals surface area contributed by atoms with Crippen LogP contribution in [0, 0.1) is 29.0 Å². The standard InChI is InChI=1S/C23H28FNO3/c1-15(23-11-17-7-18(12-23)9-19(8-17)13-23)25-21(26)14-28-22(27)6-5-16-3-2-4-20(24)10-16/h2-6,10,15,17-19H,7-9,11-14H2,1H3,(H,25,26)/b6-5+/t15-,17?,18?,19?,23?/m1/s1. The maximum absolute atomic E-state index is 13.1. The molecule has 0 spiro atoms. The normalized spacial score (nSPS) is 31.7. The molecule has 0 radical (unpaired) electrons. The van der Waals surface area contributed by atoms with Crippen molar-refractivity contribution in [1.82, 2.24) is 5.32 Å². The Bertz CT molecular complexity index is 753. The molecule has 4 aliphatic rings. The third-order valence-electron chi connectivity index (χ3n) is 6.99. The number of carbonyl (C=O) groups is 2. The van der Waals surface area contributed by atoms with Gasteiger partial charge in [0.15, 0.2) is 6.61 Å². The number of hydrogen-bond donors (Lipinski definition) is 1. The predicted octanol–water partition coefficient (Wildman–Crippen LogP) is 4.10. The minimum Gasteiger partial charge on any atom is -0.452 e. The number of halogens is 1. The second-order valence-electron chi connectivity index (χ2n) is 9.07. The summed E-state index contributed by atoms with van der Waals surface area (Å²) < 4.78 is 18.2. The Morgan fingerprint density at radius 1 is 1.21 bits per heavy atom. The summed E-state index contributed by atoms with van der Waals surface area (Å²) in [6.07, 6.45) is 10.5. The first-order valence-electron chi connectivity index (χ1n) is 10.3. The molecule has 0 aliphatic heterocycles. The van der Waals surface area contributed by atoms with E-state index in [-0.39, 0.29) is 29.8 Å². The van der Waals surface area contributed by atoms with Gasteiger partial charge >= 0.3 is 5.97 Å². The zero-order valence-corrected chi connectivity index (χ0v) is 16.3. The molecule has 0 heterocycles. The number of ether oxygens (including phenoxy) is 1. The Labute approximate surface area is 165 Å². The Kier molecular flexibility index (Phi) is 5.26. The van der Waals surface area contributed by atoms with Crippen molar-refractivity contribution in [3.8, 4) is 0 Å². The highest BCUT2D eigenvalue weighted by atomic mass is 19.1. The van der Waals surface area contributed by atoms with Crippen LogP contribution in [0.1, 0.15) is 51.0 Å². The monoisotopic (exact) mass is 385 g/mol. The number of hydrogen-bond acceptors (Lipinski definition) is 3. The molecule has 0 aromatic heterocycles. The fraction of sp³-hybridized carbons (Fsp3) is 0.565. The van der Waals surface area contributed by atoms with E-state index < -0.39 is 5.97 Å². The largest absolute Gasteiger partial charge is 0.452 e. The highest BCUT2D eigenvalue weighted by Gasteiger charge is 2.53. The molecule has 4 fully saturated rings. The van der Waals surface area contributed by atoms with Crippen LogP contribution in [-0.2, 0) is 14.3 Å². The number of nitrogens with one attached hydrogen (secondary N) is 1. The van der Waals surface area contributed by atoms with Crippen molar-refractivity contribution >= 4 is 18.0 Å². The average molecular weight is 385 g/mol. The highest BCUT2D eigenvalue weighted by Crippen LogP contribution is 2.61. The summed E-state index contributed by atoms with van der Waals surface area (Å²) in [7, 11) is 0. The number of carbonyl (C=O) groups excluding carboxylic acids is 2. The van der Waals surface area contributed by atoms with Gasteiger partial charge in [0.2, 0.25) is 0 Å². The van der Waals surface area contributed by atoms with Crippen LogP contribution >= 0.6 is 0 Å². The summed E-state index contributed by atoms with van der Waals surface area (Å²) in [6.45, 7) is 1.82. The molecule has 4 saturated carbocycles. The van der Waals surface area contributed by atoms with Gasteiger partial charge < -0.3 is 10.1 Å². The first-order valence-corrected chi connectivity index (χ1v) is 10.3. The van der Waals surface area contributed by atoms with E-state index in [1.54, 1.807) is 12.1 Å². The number of rotatable bonds is 6. The van der Waals surface area contributed by atoms with E-state index in [9.17, 15) is 14.0 Å². The van der Waals surface area contributed by atoms with E-state index >= 15 is 0 Å². The SMILES string of the molecule is C[C@@H](NC(=O)COC(=O)/C=C/c1cccc(F)c1)C12CC3CC(CC(C3)C1)C2. The van der Waals surface area contributed by atoms with Crippen LogP contribution in [0.4, 0.5) is 4.39 Å². The topological polar surface area (TPSA) is 55.4 Å². The maximum atomic E-state index is 13.1. The zero-order valence-electron chi connectivity index (χ0n) is 16.3. The van der Waals surface area contributed by atoms with Crippen LogP contribution in [0.3, 0.4) is 0 Å². The van der Waals surface area contributed by atoms with Crippen molar-refractivity contribution in [2.24, 2.45) is 23.2 Å². The van der Waals surface area contributed by atoms with E-state index in [1.807, 2.05) is 0 Å². The Morgan fingerprint density at radius 3 is 2.46 bits per heavy atom. The summed E-state index contributed by atoms with van der Waals surface area (Å²) in [6, 6.07) is 6.02. The van der Waals surface area contributed by atoms with Crippen molar-refractivity contribution in [2.45, 2.75) is 51.5 Å². The first kappa shape index (κ1) is 19.2. The van der Waals surface area contributed by atoms with Gasteiger partial charge in [-0.1, -0.05) is 12.1 Å². The molecule has 1 aromatic rings. The summed E-state index contributed by atoms with van der Waals surface area (Å²) in [5, 5.41) is 3.08. The molecule has 4 bridgehead atoms. The predicted molar refractivity (Wildman–Crippen MR) is 105 cm³/mol. The molecule has 5 rings (SSSR count). The van der Waals surface area contributed by atoms with Gasteiger partial charge in [-0.25, -0.2) is 9.18 Å². The van der Waals surface area contributed by atoms with Gasteiger partial charge in [-0.15, -0.1) is 0 Å². The van der Waals surface area contributed by atoms with Gasteiger partial charge in [-0.2, -0.15) is 0 Å². The van der Waals surface area contributed by atoms with Crippen LogP contribution in [0.15, 0.2) is 30.3 Å². The lowest BCUT2D eigenvalue weighted by Gasteiger charge is -2.59. The van der Waals surface area contributed by atoms with Crippen LogP contribution < -0.4 is 5.32 Å². The summed E-state index contributed by atoms with van der Waals surface area (Å²) in [4.78, 5) is 24.1. The van der Waals surface area contributed by atoms with Crippen LogP contribution in [0.5, 0.6) is 0 Å².